The molecule has 0 radical (unpaired) electrons. The summed E-state index contributed by atoms with van der Waals surface area (Å²) in [5, 5.41) is 7.12. The first-order chi connectivity index (χ1) is 12.4. The molecule has 0 fully saturated rings. The number of urea groups is 1. The van der Waals surface area contributed by atoms with Crippen molar-refractivity contribution in [2.75, 3.05) is 19.0 Å². The van der Waals surface area contributed by atoms with Crippen molar-refractivity contribution in [1.82, 2.24) is 15.6 Å². The van der Waals surface area contributed by atoms with Gasteiger partial charge in [-0.15, -0.1) is 11.3 Å². The van der Waals surface area contributed by atoms with Crippen LogP contribution in [0, 0.1) is 0 Å². The predicted molar refractivity (Wildman–Crippen MR) is 98.0 cm³/mol. The quantitative estimate of drug-likeness (QED) is 0.507. The van der Waals surface area contributed by atoms with Gasteiger partial charge in [0.25, 0.3) is 0 Å². The molecule has 2 heterocycles. The highest BCUT2D eigenvalue weighted by atomic mass is 32.2. The largest absolute Gasteiger partial charge is 0.466 e. The average Bonchev–Trinajstić information content (AvgIpc) is 3.00. The summed E-state index contributed by atoms with van der Waals surface area (Å²) in [5.41, 5.74) is 1.55. The minimum atomic E-state index is -0.453. The summed E-state index contributed by atoms with van der Waals surface area (Å²) in [5.74, 6) is -0.413. The standard InChI is InChI=1S/C16H21N3O5S2/c1-4-23-12(20)6-10-7-25-16(18-10)26-8-11-13(14(21)24-5-2)9(3)17-15(22)19-11/h7,9H,4-6,8H2,1-3H3,(H2,17,19,22)/t9-/m1/s1. The number of carbonyl (C=O) groups is 3. The number of thiazole rings is 1. The van der Waals surface area contributed by atoms with Gasteiger partial charge in [-0.25, -0.2) is 14.6 Å². The zero-order valence-corrected chi connectivity index (χ0v) is 16.4. The number of carbonyl (C=O) groups excluding carboxylic acids is 3. The number of ether oxygens (including phenoxy) is 2. The number of hydrogen-bond acceptors (Lipinski definition) is 8. The van der Waals surface area contributed by atoms with Crippen LogP contribution in [0.4, 0.5) is 4.79 Å². The lowest BCUT2D eigenvalue weighted by molar-refractivity contribution is -0.142. The van der Waals surface area contributed by atoms with Crippen molar-refractivity contribution in [1.29, 1.82) is 0 Å². The number of aromatic nitrogens is 1. The van der Waals surface area contributed by atoms with Gasteiger partial charge in [-0.2, -0.15) is 0 Å². The summed E-state index contributed by atoms with van der Waals surface area (Å²) in [7, 11) is 0. The van der Waals surface area contributed by atoms with E-state index >= 15 is 0 Å². The molecule has 142 valence electrons. The number of nitrogens with one attached hydrogen (secondary N) is 2. The molecular formula is C16H21N3O5S2. The highest BCUT2D eigenvalue weighted by Crippen LogP contribution is 2.27. The summed E-state index contributed by atoms with van der Waals surface area (Å²) >= 11 is 2.78. The van der Waals surface area contributed by atoms with Crippen molar-refractivity contribution in [3.63, 3.8) is 0 Å². The lowest BCUT2D eigenvalue weighted by Crippen LogP contribution is -2.49. The fraction of sp³-hybridized carbons (Fsp3) is 0.500. The first-order valence-corrected chi connectivity index (χ1v) is 10.0. The van der Waals surface area contributed by atoms with E-state index in [1.807, 2.05) is 0 Å². The van der Waals surface area contributed by atoms with Crippen molar-refractivity contribution in [2.24, 2.45) is 0 Å². The molecule has 10 heteroatoms. The van der Waals surface area contributed by atoms with Crippen LogP contribution in [-0.4, -0.2) is 48.0 Å². The monoisotopic (exact) mass is 399 g/mol. The van der Waals surface area contributed by atoms with Crippen LogP contribution in [0.15, 0.2) is 21.0 Å². The molecule has 1 aromatic heterocycles. The molecule has 8 nitrogen and oxygen atoms in total. The van der Waals surface area contributed by atoms with Crippen LogP contribution in [0.5, 0.6) is 0 Å². The third-order valence-corrected chi connectivity index (χ3v) is 5.46. The first kappa shape index (κ1) is 20.2. The van der Waals surface area contributed by atoms with Gasteiger partial charge < -0.3 is 20.1 Å². The minimum absolute atomic E-state index is 0.124. The fourth-order valence-corrected chi connectivity index (χ4v) is 4.14. The molecule has 0 saturated carbocycles. The smallest absolute Gasteiger partial charge is 0.337 e. The van der Waals surface area contributed by atoms with Crippen LogP contribution in [0.1, 0.15) is 26.5 Å². The van der Waals surface area contributed by atoms with E-state index in [-0.39, 0.29) is 25.0 Å². The first-order valence-electron chi connectivity index (χ1n) is 8.15. The van der Waals surface area contributed by atoms with E-state index in [0.717, 1.165) is 4.34 Å². The molecule has 1 aromatic rings. The van der Waals surface area contributed by atoms with Crippen molar-refractivity contribution in [3.05, 3.63) is 22.3 Å². The topological polar surface area (TPSA) is 107 Å². The Bertz CT molecular complexity index is 716. The zero-order chi connectivity index (χ0) is 19.1. The third-order valence-electron chi connectivity index (χ3n) is 3.37. The van der Waals surface area contributed by atoms with Gasteiger partial charge in [0.15, 0.2) is 4.34 Å². The second-order valence-electron chi connectivity index (χ2n) is 5.31. The minimum Gasteiger partial charge on any atom is -0.466 e. The summed E-state index contributed by atoms with van der Waals surface area (Å²) in [6.45, 7) is 5.81. The summed E-state index contributed by atoms with van der Waals surface area (Å²) in [4.78, 5) is 39.8. The van der Waals surface area contributed by atoms with Crippen LogP contribution in [0.2, 0.25) is 0 Å². The molecule has 2 amide bonds. The second-order valence-corrected chi connectivity index (χ2v) is 7.39. The lowest BCUT2D eigenvalue weighted by Gasteiger charge is -2.26. The molecule has 2 N–H and O–H groups in total. The van der Waals surface area contributed by atoms with E-state index in [0.29, 0.717) is 29.3 Å². The number of hydrogen-bond donors (Lipinski definition) is 2. The van der Waals surface area contributed by atoms with Crippen LogP contribution in [0.25, 0.3) is 0 Å². The Morgan fingerprint density at radius 1 is 1.31 bits per heavy atom. The molecule has 0 aromatic carbocycles. The SMILES string of the molecule is CCOC(=O)Cc1csc(SCC2=C(C(=O)OCC)[C@@H](C)NC(=O)N2)n1. The Morgan fingerprint density at radius 2 is 2.04 bits per heavy atom. The maximum absolute atomic E-state index is 12.2. The molecular weight excluding hydrogens is 378 g/mol. The Kier molecular flexibility index (Phi) is 7.46. The lowest BCUT2D eigenvalue weighted by atomic mass is 10.1. The molecule has 0 bridgehead atoms. The molecule has 2 rings (SSSR count). The maximum atomic E-state index is 12.2. The molecule has 0 unspecified atom stereocenters. The molecule has 1 aliphatic heterocycles. The van der Waals surface area contributed by atoms with Crippen LogP contribution in [-0.2, 0) is 25.5 Å². The van der Waals surface area contributed by atoms with Gasteiger partial charge in [0.2, 0.25) is 0 Å². The van der Waals surface area contributed by atoms with Crippen molar-refractivity contribution >= 4 is 41.1 Å². The van der Waals surface area contributed by atoms with Crippen molar-refractivity contribution in [2.45, 2.75) is 37.6 Å². The third kappa shape index (κ3) is 5.46. The van der Waals surface area contributed by atoms with Crippen LogP contribution in [0.3, 0.4) is 0 Å². The normalized spacial score (nSPS) is 16.7. The van der Waals surface area contributed by atoms with E-state index in [2.05, 4.69) is 15.6 Å². The number of amides is 2. The van der Waals surface area contributed by atoms with Gasteiger partial charge in [-0.1, -0.05) is 11.8 Å². The number of nitrogens with zero attached hydrogens (tertiary/aromatic N) is 1. The number of esters is 2. The Labute approximate surface area is 159 Å². The van der Waals surface area contributed by atoms with E-state index in [1.54, 1.807) is 26.2 Å². The average molecular weight is 399 g/mol. The fourth-order valence-electron chi connectivity index (χ4n) is 2.32. The molecule has 1 atom stereocenters. The van der Waals surface area contributed by atoms with Gasteiger partial charge in [-0.3, -0.25) is 4.79 Å². The second kappa shape index (κ2) is 9.58. The van der Waals surface area contributed by atoms with E-state index < -0.39 is 12.0 Å². The summed E-state index contributed by atoms with van der Waals surface area (Å²) in [6.07, 6.45) is 0.124. The van der Waals surface area contributed by atoms with Gasteiger partial charge in [-0.05, 0) is 20.8 Å². The van der Waals surface area contributed by atoms with Crippen molar-refractivity contribution in [3.8, 4) is 0 Å². The van der Waals surface area contributed by atoms with Crippen LogP contribution < -0.4 is 10.6 Å². The van der Waals surface area contributed by atoms with Gasteiger partial charge in [0.05, 0.1) is 36.9 Å². The Hall–Kier alpha value is -2.07. The summed E-state index contributed by atoms with van der Waals surface area (Å²) in [6, 6.07) is -0.794. The molecule has 1 aliphatic rings. The molecule has 0 aliphatic carbocycles. The van der Waals surface area contributed by atoms with Crippen LogP contribution >= 0.6 is 23.1 Å². The maximum Gasteiger partial charge on any atom is 0.337 e. The van der Waals surface area contributed by atoms with Gasteiger partial charge in [0, 0.05) is 16.8 Å². The highest BCUT2D eigenvalue weighted by molar-refractivity contribution is 8.01. The van der Waals surface area contributed by atoms with Gasteiger partial charge >= 0.3 is 18.0 Å². The Morgan fingerprint density at radius 3 is 2.73 bits per heavy atom. The highest BCUT2D eigenvalue weighted by Gasteiger charge is 2.29. The number of rotatable bonds is 8. The summed E-state index contributed by atoms with van der Waals surface area (Å²) < 4.78 is 10.7. The Balaban J connectivity index is 2.06. The van der Waals surface area contributed by atoms with Gasteiger partial charge in [0.1, 0.15) is 0 Å². The molecule has 0 saturated heterocycles. The zero-order valence-electron chi connectivity index (χ0n) is 14.8. The number of thioether (sulfide) groups is 1. The molecule has 0 spiro atoms. The van der Waals surface area contributed by atoms with Crippen molar-refractivity contribution < 1.29 is 23.9 Å². The van der Waals surface area contributed by atoms with E-state index in [9.17, 15) is 14.4 Å². The predicted octanol–water partition coefficient (Wildman–Crippen LogP) is 1.86. The van der Waals surface area contributed by atoms with E-state index in [4.69, 9.17) is 9.47 Å². The molecule has 26 heavy (non-hydrogen) atoms. The van der Waals surface area contributed by atoms with E-state index in [1.165, 1.54) is 23.1 Å².